The van der Waals surface area contributed by atoms with Crippen LogP contribution in [-0.2, 0) is 6.42 Å². The molecule has 1 heterocycles. The highest BCUT2D eigenvalue weighted by Gasteiger charge is 2.10. The second-order valence-corrected chi connectivity index (χ2v) is 4.84. The van der Waals surface area contributed by atoms with Crippen LogP contribution in [0.3, 0.4) is 0 Å². The van der Waals surface area contributed by atoms with Crippen LogP contribution in [0.4, 0.5) is 0 Å². The lowest BCUT2D eigenvalue weighted by Gasteiger charge is -2.16. The zero-order valence-electron chi connectivity index (χ0n) is 10.7. The maximum atomic E-state index is 6.01. The molecule has 1 N–H and O–H groups in total. The molecule has 1 aromatic heterocycles. The Balaban J connectivity index is 2.17. The molecular formula is C15H17ClN2. The van der Waals surface area contributed by atoms with Crippen LogP contribution in [0, 0.1) is 6.92 Å². The molecule has 94 valence electrons. The van der Waals surface area contributed by atoms with Gasteiger partial charge in [-0.25, -0.2) is 0 Å². The molecule has 0 bridgehead atoms. The topological polar surface area (TPSA) is 24.9 Å². The maximum absolute atomic E-state index is 6.01. The third-order valence-corrected chi connectivity index (χ3v) is 3.25. The van der Waals surface area contributed by atoms with Gasteiger partial charge in [-0.15, -0.1) is 0 Å². The van der Waals surface area contributed by atoms with Crippen molar-refractivity contribution in [3.8, 4) is 0 Å². The molecular weight excluding hydrogens is 244 g/mol. The highest BCUT2D eigenvalue weighted by atomic mass is 35.5. The van der Waals surface area contributed by atoms with Crippen LogP contribution in [0.15, 0.2) is 42.6 Å². The first-order valence-corrected chi connectivity index (χ1v) is 6.41. The van der Waals surface area contributed by atoms with E-state index in [4.69, 9.17) is 11.6 Å². The number of hydrogen-bond donors (Lipinski definition) is 1. The Morgan fingerprint density at radius 1 is 1.28 bits per heavy atom. The Labute approximate surface area is 113 Å². The summed E-state index contributed by atoms with van der Waals surface area (Å²) >= 11 is 6.01. The van der Waals surface area contributed by atoms with Crippen LogP contribution in [0.1, 0.15) is 22.9 Å². The number of hydrogen-bond acceptors (Lipinski definition) is 2. The first-order chi connectivity index (χ1) is 8.69. The maximum Gasteiger partial charge on any atom is 0.0408 e. The van der Waals surface area contributed by atoms with Crippen LogP contribution >= 0.6 is 11.6 Å². The van der Waals surface area contributed by atoms with Crippen LogP contribution in [0.5, 0.6) is 0 Å². The van der Waals surface area contributed by atoms with Crippen molar-refractivity contribution in [3.63, 3.8) is 0 Å². The van der Waals surface area contributed by atoms with E-state index in [9.17, 15) is 0 Å². The molecule has 0 spiro atoms. The van der Waals surface area contributed by atoms with E-state index in [-0.39, 0.29) is 6.04 Å². The number of nitrogens with zero attached hydrogens (tertiary/aromatic N) is 1. The van der Waals surface area contributed by atoms with Crippen LogP contribution < -0.4 is 5.32 Å². The summed E-state index contributed by atoms with van der Waals surface area (Å²) in [5.74, 6) is 0. The molecule has 0 aliphatic rings. The quantitative estimate of drug-likeness (QED) is 0.910. The van der Waals surface area contributed by atoms with Gasteiger partial charge in [-0.1, -0.05) is 29.8 Å². The van der Waals surface area contributed by atoms with Gasteiger partial charge in [-0.05, 0) is 49.7 Å². The van der Waals surface area contributed by atoms with Crippen molar-refractivity contribution in [2.24, 2.45) is 0 Å². The van der Waals surface area contributed by atoms with E-state index >= 15 is 0 Å². The summed E-state index contributed by atoms with van der Waals surface area (Å²) in [6.07, 6.45) is 2.84. The average molecular weight is 261 g/mol. The van der Waals surface area contributed by atoms with Crippen molar-refractivity contribution < 1.29 is 0 Å². The van der Waals surface area contributed by atoms with Gasteiger partial charge in [0.25, 0.3) is 0 Å². The second-order valence-electron chi connectivity index (χ2n) is 4.41. The SMILES string of the molecule is CNC(Cc1cccc(Cl)c1)c1ccc(C)nc1. The number of nitrogens with one attached hydrogen (secondary N) is 1. The predicted octanol–water partition coefficient (Wildman–Crippen LogP) is 3.55. The van der Waals surface area contributed by atoms with Crippen molar-refractivity contribution in [2.45, 2.75) is 19.4 Å². The summed E-state index contributed by atoms with van der Waals surface area (Å²) in [7, 11) is 1.97. The van der Waals surface area contributed by atoms with Gasteiger partial charge in [0.2, 0.25) is 0 Å². The largest absolute Gasteiger partial charge is 0.313 e. The van der Waals surface area contributed by atoms with Crippen molar-refractivity contribution in [3.05, 3.63) is 64.4 Å². The fourth-order valence-corrected chi connectivity index (χ4v) is 2.18. The molecule has 0 saturated heterocycles. The molecule has 1 atom stereocenters. The lowest BCUT2D eigenvalue weighted by atomic mass is 10.0. The molecule has 1 aromatic carbocycles. The third-order valence-electron chi connectivity index (χ3n) is 3.01. The van der Waals surface area contributed by atoms with Crippen molar-refractivity contribution >= 4 is 11.6 Å². The van der Waals surface area contributed by atoms with Crippen LogP contribution in [0.25, 0.3) is 0 Å². The Kier molecular flexibility index (Phi) is 4.34. The number of pyridine rings is 1. The number of benzene rings is 1. The van der Waals surface area contributed by atoms with E-state index in [1.807, 2.05) is 44.4 Å². The van der Waals surface area contributed by atoms with Gasteiger partial charge in [-0.2, -0.15) is 0 Å². The summed E-state index contributed by atoms with van der Waals surface area (Å²) in [5, 5.41) is 4.10. The van der Waals surface area contributed by atoms with Gasteiger partial charge in [-0.3, -0.25) is 4.98 Å². The van der Waals surface area contributed by atoms with Crippen molar-refractivity contribution in [2.75, 3.05) is 7.05 Å². The normalized spacial score (nSPS) is 12.4. The molecule has 0 radical (unpaired) electrons. The average Bonchev–Trinajstić information content (AvgIpc) is 2.37. The van der Waals surface area contributed by atoms with Gasteiger partial charge in [0, 0.05) is 23.0 Å². The van der Waals surface area contributed by atoms with Crippen molar-refractivity contribution in [1.82, 2.24) is 10.3 Å². The summed E-state index contributed by atoms with van der Waals surface area (Å²) in [4.78, 5) is 4.34. The Bertz CT molecular complexity index is 508. The molecule has 2 rings (SSSR count). The minimum atomic E-state index is 0.261. The lowest BCUT2D eigenvalue weighted by Crippen LogP contribution is -2.19. The summed E-state index contributed by atoms with van der Waals surface area (Å²) in [6, 6.07) is 12.4. The molecule has 0 aliphatic heterocycles. The standard InChI is InChI=1S/C15H17ClN2/c1-11-6-7-13(10-18-11)15(17-2)9-12-4-3-5-14(16)8-12/h3-8,10,15,17H,9H2,1-2H3. The van der Waals surface area contributed by atoms with E-state index in [2.05, 4.69) is 22.4 Å². The van der Waals surface area contributed by atoms with Crippen molar-refractivity contribution in [1.29, 1.82) is 0 Å². The number of rotatable bonds is 4. The summed E-state index contributed by atoms with van der Waals surface area (Å²) in [6.45, 7) is 2.00. The molecule has 3 heteroatoms. The Morgan fingerprint density at radius 3 is 2.72 bits per heavy atom. The summed E-state index contributed by atoms with van der Waals surface area (Å²) in [5.41, 5.74) is 3.46. The molecule has 1 unspecified atom stereocenters. The highest BCUT2D eigenvalue weighted by Crippen LogP contribution is 2.19. The van der Waals surface area contributed by atoms with E-state index < -0.39 is 0 Å². The zero-order valence-corrected chi connectivity index (χ0v) is 11.4. The highest BCUT2D eigenvalue weighted by molar-refractivity contribution is 6.30. The molecule has 0 amide bonds. The number of halogens is 1. The molecule has 0 saturated carbocycles. The Hall–Kier alpha value is -1.38. The molecule has 2 nitrogen and oxygen atoms in total. The van der Waals surface area contributed by atoms with E-state index in [1.165, 1.54) is 11.1 Å². The minimum absolute atomic E-state index is 0.261. The fraction of sp³-hybridized carbons (Fsp3) is 0.267. The van der Waals surface area contributed by atoms with Gasteiger partial charge in [0.1, 0.15) is 0 Å². The van der Waals surface area contributed by atoms with Gasteiger partial charge >= 0.3 is 0 Å². The van der Waals surface area contributed by atoms with Crippen LogP contribution in [-0.4, -0.2) is 12.0 Å². The second kappa shape index (κ2) is 5.98. The number of aryl methyl sites for hydroxylation is 1. The first-order valence-electron chi connectivity index (χ1n) is 6.03. The van der Waals surface area contributed by atoms with Crippen LogP contribution in [0.2, 0.25) is 5.02 Å². The van der Waals surface area contributed by atoms with Gasteiger partial charge in [0.15, 0.2) is 0 Å². The zero-order chi connectivity index (χ0) is 13.0. The third kappa shape index (κ3) is 3.31. The Morgan fingerprint density at radius 2 is 2.11 bits per heavy atom. The molecule has 0 fully saturated rings. The lowest BCUT2D eigenvalue weighted by molar-refractivity contribution is 0.589. The molecule has 2 aromatic rings. The predicted molar refractivity (Wildman–Crippen MR) is 75.9 cm³/mol. The first kappa shape index (κ1) is 13.1. The molecule has 18 heavy (non-hydrogen) atoms. The van der Waals surface area contributed by atoms with E-state index in [1.54, 1.807) is 0 Å². The van der Waals surface area contributed by atoms with Gasteiger partial charge < -0.3 is 5.32 Å². The van der Waals surface area contributed by atoms with E-state index in [0.717, 1.165) is 17.1 Å². The molecule has 0 aliphatic carbocycles. The smallest absolute Gasteiger partial charge is 0.0408 e. The van der Waals surface area contributed by atoms with Gasteiger partial charge in [0.05, 0.1) is 0 Å². The monoisotopic (exact) mass is 260 g/mol. The minimum Gasteiger partial charge on any atom is -0.313 e. The van der Waals surface area contributed by atoms with E-state index in [0.29, 0.717) is 0 Å². The number of likely N-dealkylation sites (N-methyl/N-ethyl adjacent to an activating group) is 1. The fourth-order valence-electron chi connectivity index (χ4n) is 1.97. The summed E-state index contributed by atoms with van der Waals surface area (Å²) < 4.78 is 0. The number of aromatic nitrogens is 1.